The van der Waals surface area contributed by atoms with Crippen molar-refractivity contribution >= 4 is 18.3 Å². The molecule has 1 aromatic carbocycles. The first-order valence-corrected chi connectivity index (χ1v) is 11.6. The number of ether oxygens (including phenoxy) is 4. The Morgan fingerprint density at radius 3 is 2.09 bits per heavy atom. The standard InChI is InChI=1S/C25H38N2O7/c1-8-31-20-14-18(13-19(16-28)22(20)32-17-21(29)33-24(2,3)4)15-26-9-11-27(12-10-26)23(30)34-25(5,6)7/h13-14,16H,8-12,15,17H2,1-7H3. The van der Waals surface area contributed by atoms with Gasteiger partial charge in [0.1, 0.15) is 11.2 Å². The number of esters is 1. The van der Waals surface area contributed by atoms with Crippen LogP contribution in [-0.4, -0.2) is 78.7 Å². The number of nitrogens with zero attached hydrogens (tertiary/aromatic N) is 2. The quantitative estimate of drug-likeness (QED) is 0.413. The number of benzene rings is 1. The molecule has 1 aromatic rings. The Kier molecular flexibility index (Phi) is 9.32. The number of aldehydes is 1. The molecule has 0 unspecified atom stereocenters. The smallest absolute Gasteiger partial charge is 0.410 e. The van der Waals surface area contributed by atoms with Crippen molar-refractivity contribution in [1.29, 1.82) is 0 Å². The van der Waals surface area contributed by atoms with E-state index in [1.807, 2.05) is 33.8 Å². The molecule has 1 saturated heterocycles. The van der Waals surface area contributed by atoms with Gasteiger partial charge in [0.25, 0.3) is 0 Å². The van der Waals surface area contributed by atoms with Crippen molar-refractivity contribution in [3.8, 4) is 11.5 Å². The van der Waals surface area contributed by atoms with Crippen LogP contribution < -0.4 is 9.47 Å². The lowest BCUT2D eigenvalue weighted by molar-refractivity contribution is -0.157. The fourth-order valence-corrected chi connectivity index (χ4v) is 3.45. The first-order chi connectivity index (χ1) is 15.8. The van der Waals surface area contributed by atoms with E-state index >= 15 is 0 Å². The molecule has 9 nitrogen and oxygen atoms in total. The van der Waals surface area contributed by atoms with E-state index in [9.17, 15) is 14.4 Å². The van der Waals surface area contributed by atoms with Crippen molar-refractivity contribution in [3.63, 3.8) is 0 Å². The molecule has 0 N–H and O–H groups in total. The van der Waals surface area contributed by atoms with Crippen LogP contribution in [0.15, 0.2) is 12.1 Å². The molecule has 0 aromatic heterocycles. The average molecular weight is 479 g/mol. The summed E-state index contributed by atoms with van der Waals surface area (Å²) in [6.45, 7) is 15.8. The largest absolute Gasteiger partial charge is 0.490 e. The normalized spacial score (nSPS) is 15.0. The molecule has 2 rings (SSSR count). The number of carbonyl (C=O) groups excluding carboxylic acids is 3. The van der Waals surface area contributed by atoms with E-state index in [4.69, 9.17) is 18.9 Å². The summed E-state index contributed by atoms with van der Waals surface area (Å²) in [6, 6.07) is 3.56. The Bertz CT molecular complexity index is 863. The van der Waals surface area contributed by atoms with Gasteiger partial charge in [-0.1, -0.05) is 0 Å². The Morgan fingerprint density at radius 1 is 0.941 bits per heavy atom. The van der Waals surface area contributed by atoms with Crippen molar-refractivity contribution in [2.24, 2.45) is 0 Å². The highest BCUT2D eigenvalue weighted by molar-refractivity contribution is 5.82. The SMILES string of the molecule is CCOc1cc(CN2CCN(C(=O)OC(C)(C)C)CC2)cc(C=O)c1OCC(=O)OC(C)(C)C. The fourth-order valence-electron chi connectivity index (χ4n) is 3.45. The summed E-state index contributed by atoms with van der Waals surface area (Å²) in [4.78, 5) is 40.1. The second kappa shape index (κ2) is 11.6. The minimum atomic E-state index is -0.631. The molecule has 1 fully saturated rings. The van der Waals surface area contributed by atoms with Gasteiger partial charge < -0.3 is 23.8 Å². The van der Waals surface area contributed by atoms with Crippen LogP contribution in [0.2, 0.25) is 0 Å². The summed E-state index contributed by atoms with van der Waals surface area (Å²) < 4.78 is 22.1. The van der Waals surface area contributed by atoms with Crippen LogP contribution in [0.25, 0.3) is 0 Å². The van der Waals surface area contributed by atoms with Gasteiger partial charge in [-0.15, -0.1) is 0 Å². The Morgan fingerprint density at radius 2 is 1.56 bits per heavy atom. The van der Waals surface area contributed by atoms with Gasteiger partial charge >= 0.3 is 12.1 Å². The van der Waals surface area contributed by atoms with Crippen LogP contribution in [0.1, 0.15) is 64.4 Å². The molecule has 34 heavy (non-hydrogen) atoms. The van der Waals surface area contributed by atoms with Crippen molar-refractivity contribution in [2.45, 2.75) is 66.2 Å². The summed E-state index contributed by atoms with van der Waals surface area (Å²) in [5.74, 6) is 0.0954. The van der Waals surface area contributed by atoms with E-state index < -0.39 is 17.2 Å². The third kappa shape index (κ3) is 8.85. The number of hydrogen-bond acceptors (Lipinski definition) is 8. The maximum atomic E-state index is 12.3. The second-order valence-corrected chi connectivity index (χ2v) is 10.2. The topological polar surface area (TPSA) is 94.6 Å². The van der Waals surface area contributed by atoms with E-state index in [-0.39, 0.29) is 18.4 Å². The first-order valence-electron chi connectivity index (χ1n) is 11.6. The van der Waals surface area contributed by atoms with Crippen molar-refractivity contribution in [3.05, 3.63) is 23.3 Å². The minimum Gasteiger partial charge on any atom is -0.490 e. The summed E-state index contributed by atoms with van der Waals surface area (Å²) in [7, 11) is 0. The molecule has 0 spiro atoms. The van der Waals surface area contributed by atoms with E-state index in [0.717, 1.165) is 5.56 Å². The number of piperazine rings is 1. The van der Waals surface area contributed by atoms with Gasteiger partial charge in [0.2, 0.25) is 0 Å². The van der Waals surface area contributed by atoms with Gasteiger partial charge in [-0.2, -0.15) is 0 Å². The number of amides is 1. The van der Waals surface area contributed by atoms with E-state index in [2.05, 4.69) is 4.90 Å². The monoisotopic (exact) mass is 478 g/mol. The minimum absolute atomic E-state index is 0.223. The predicted octanol–water partition coefficient (Wildman–Crippen LogP) is 3.67. The molecular weight excluding hydrogens is 440 g/mol. The fraction of sp³-hybridized carbons (Fsp3) is 0.640. The Hall–Kier alpha value is -2.81. The average Bonchev–Trinajstić information content (AvgIpc) is 2.71. The third-order valence-corrected chi connectivity index (χ3v) is 4.75. The molecule has 190 valence electrons. The van der Waals surface area contributed by atoms with Gasteiger partial charge in [-0.3, -0.25) is 9.69 Å². The lowest BCUT2D eigenvalue weighted by Crippen LogP contribution is -2.49. The zero-order valence-corrected chi connectivity index (χ0v) is 21.4. The number of carbonyl (C=O) groups is 3. The van der Waals surface area contributed by atoms with Gasteiger partial charge in [0.05, 0.1) is 12.2 Å². The molecule has 1 heterocycles. The highest BCUT2D eigenvalue weighted by atomic mass is 16.6. The van der Waals surface area contributed by atoms with Crippen molar-refractivity contribution < 1.29 is 33.3 Å². The maximum absolute atomic E-state index is 12.3. The maximum Gasteiger partial charge on any atom is 0.410 e. The molecule has 0 aliphatic carbocycles. The third-order valence-electron chi connectivity index (χ3n) is 4.75. The van der Waals surface area contributed by atoms with Crippen LogP contribution in [0, 0.1) is 0 Å². The summed E-state index contributed by atoms with van der Waals surface area (Å²) in [5, 5.41) is 0. The first kappa shape index (κ1) is 27.4. The molecule has 1 aliphatic rings. The van der Waals surface area contributed by atoms with Gasteiger partial charge in [0.15, 0.2) is 24.4 Å². The van der Waals surface area contributed by atoms with Crippen molar-refractivity contribution in [2.75, 3.05) is 39.4 Å². The van der Waals surface area contributed by atoms with E-state index in [0.29, 0.717) is 56.9 Å². The summed E-state index contributed by atoms with van der Waals surface area (Å²) >= 11 is 0. The molecule has 0 radical (unpaired) electrons. The number of hydrogen-bond donors (Lipinski definition) is 0. The summed E-state index contributed by atoms with van der Waals surface area (Å²) in [6.07, 6.45) is 0.386. The lowest BCUT2D eigenvalue weighted by Gasteiger charge is -2.35. The zero-order chi connectivity index (χ0) is 25.5. The summed E-state index contributed by atoms with van der Waals surface area (Å²) in [5.41, 5.74) is 0.0222. The zero-order valence-electron chi connectivity index (χ0n) is 21.4. The highest BCUT2D eigenvalue weighted by Gasteiger charge is 2.26. The molecule has 0 bridgehead atoms. The Balaban J connectivity index is 2.06. The second-order valence-electron chi connectivity index (χ2n) is 10.2. The van der Waals surface area contributed by atoms with Gasteiger partial charge in [-0.05, 0) is 66.2 Å². The molecule has 0 saturated carbocycles. The van der Waals surface area contributed by atoms with Gasteiger partial charge in [0, 0.05) is 32.7 Å². The van der Waals surface area contributed by atoms with Crippen LogP contribution in [0.4, 0.5) is 4.79 Å². The predicted molar refractivity (Wildman–Crippen MR) is 127 cm³/mol. The highest BCUT2D eigenvalue weighted by Crippen LogP contribution is 2.33. The van der Waals surface area contributed by atoms with Gasteiger partial charge in [-0.25, -0.2) is 9.59 Å². The molecular formula is C25H38N2O7. The van der Waals surface area contributed by atoms with Crippen LogP contribution in [0.3, 0.4) is 0 Å². The molecule has 0 atom stereocenters. The molecule has 1 amide bonds. The van der Waals surface area contributed by atoms with Crippen LogP contribution in [-0.2, 0) is 20.8 Å². The van der Waals surface area contributed by atoms with E-state index in [1.165, 1.54) is 0 Å². The molecule has 9 heteroatoms. The Labute approximate surface area is 202 Å². The lowest BCUT2D eigenvalue weighted by atomic mass is 10.1. The number of rotatable bonds is 8. The molecule has 1 aliphatic heterocycles. The van der Waals surface area contributed by atoms with Crippen molar-refractivity contribution in [1.82, 2.24) is 9.80 Å². The van der Waals surface area contributed by atoms with Crippen LogP contribution in [0.5, 0.6) is 11.5 Å². The van der Waals surface area contributed by atoms with E-state index in [1.54, 1.807) is 31.7 Å². The van der Waals surface area contributed by atoms with Crippen LogP contribution >= 0.6 is 0 Å².